The lowest BCUT2D eigenvalue weighted by Crippen LogP contribution is -2.42. The van der Waals surface area contributed by atoms with Gasteiger partial charge in [-0.1, -0.05) is 37.6 Å². The fraction of sp³-hybridized carbons (Fsp3) is 0.739. The van der Waals surface area contributed by atoms with Crippen LogP contribution in [0.25, 0.3) is 0 Å². The van der Waals surface area contributed by atoms with Crippen molar-refractivity contribution in [3.63, 3.8) is 0 Å². The highest BCUT2D eigenvalue weighted by molar-refractivity contribution is 7.90. The first-order valence-corrected chi connectivity index (χ1v) is 12.0. The summed E-state index contributed by atoms with van der Waals surface area (Å²) in [6, 6.07) is 9.12. The van der Waals surface area contributed by atoms with Gasteiger partial charge in [-0.15, -0.1) is 4.72 Å². The fourth-order valence-corrected chi connectivity index (χ4v) is 4.50. The molecule has 1 aromatic rings. The second-order valence-corrected chi connectivity index (χ2v) is 11.2. The number of hydrogen-bond donors (Lipinski definition) is 2. The van der Waals surface area contributed by atoms with Gasteiger partial charge >= 0.3 is 0 Å². The summed E-state index contributed by atoms with van der Waals surface area (Å²) < 4.78 is 15.2. The van der Waals surface area contributed by atoms with Crippen LogP contribution in [-0.2, 0) is 24.3 Å². The van der Waals surface area contributed by atoms with Crippen LogP contribution in [0.15, 0.2) is 24.3 Å². The molecule has 0 amide bonds. The molecular weight excluding hydrogens is 352 g/mol. The van der Waals surface area contributed by atoms with Crippen molar-refractivity contribution >= 4 is 11.4 Å². The molecule has 1 aromatic carbocycles. The molecule has 1 saturated carbocycles. The van der Waals surface area contributed by atoms with Gasteiger partial charge in [0.15, 0.2) is 0 Å². The molecule has 0 bridgehead atoms. The molecule has 0 heterocycles. The molecule has 0 spiro atoms. The first-order valence-electron chi connectivity index (χ1n) is 10.8. The molecule has 4 heteroatoms. The highest BCUT2D eigenvalue weighted by Gasteiger charge is 2.28. The van der Waals surface area contributed by atoms with Crippen molar-refractivity contribution in [1.82, 2.24) is 10.0 Å². The Morgan fingerprint density at radius 1 is 0.963 bits per heavy atom. The summed E-state index contributed by atoms with van der Waals surface area (Å²) >= 11 is -0.940. The largest absolute Gasteiger partial charge is 0.598 e. The molecule has 1 atom stereocenters. The van der Waals surface area contributed by atoms with E-state index in [9.17, 15) is 4.55 Å². The van der Waals surface area contributed by atoms with Crippen LogP contribution in [0.2, 0.25) is 0 Å². The van der Waals surface area contributed by atoms with Crippen LogP contribution in [-0.4, -0.2) is 22.4 Å². The topological polar surface area (TPSA) is 47.1 Å². The molecule has 154 valence electrons. The van der Waals surface area contributed by atoms with E-state index < -0.39 is 11.4 Å². The first kappa shape index (κ1) is 22.7. The van der Waals surface area contributed by atoms with Crippen LogP contribution in [0.1, 0.15) is 77.3 Å². The van der Waals surface area contributed by atoms with Gasteiger partial charge in [-0.05, 0) is 88.8 Å². The van der Waals surface area contributed by atoms with Crippen molar-refractivity contribution < 1.29 is 4.55 Å². The van der Waals surface area contributed by atoms with Crippen molar-refractivity contribution in [3.8, 4) is 0 Å². The minimum absolute atomic E-state index is 0.171. The smallest absolute Gasteiger partial charge is 0.136 e. The fourth-order valence-electron chi connectivity index (χ4n) is 3.68. The standard InChI is InChI=1S/C23H40N2OS/c1-5-6-7-19-8-10-20(11-9-19)16-24-17-21-12-14-22(15-13-21)18-25-27(26)23(2,3)4/h8-11,21-22,24-25H,5-7,12-18H2,1-4H3. The van der Waals surface area contributed by atoms with Gasteiger partial charge < -0.3 is 9.87 Å². The average molecular weight is 393 g/mol. The van der Waals surface area contributed by atoms with Gasteiger partial charge in [0.1, 0.15) is 4.75 Å². The minimum atomic E-state index is -0.940. The van der Waals surface area contributed by atoms with E-state index in [-0.39, 0.29) is 4.75 Å². The van der Waals surface area contributed by atoms with E-state index in [2.05, 4.69) is 41.2 Å². The minimum Gasteiger partial charge on any atom is -0.598 e. The van der Waals surface area contributed by atoms with Crippen LogP contribution in [0.4, 0.5) is 0 Å². The highest BCUT2D eigenvalue weighted by Crippen LogP contribution is 2.28. The lowest BCUT2D eigenvalue weighted by Gasteiger charge is -2.30. The second kappa shape index (κ2) is 11.5. The Bertz CT molecular complexity index is 518. The molecular formula is C23H40N2OS. The molecule has 1 aliphatic rings. The van der Waals surface area contributed by atoms with Crippen LogP contribution >= 0.6 is 0 Å². The first-order chi connectivity index (χ1) is 12.9. The summed E-state index contributed by atoms with van der Waals surface area (Å²) in [6.45, 7) is 11.3. The molecule has 27 heavy (non-hydrogen) atoms. The van der Waals surface area contributed by atoms with Crippen LogP contribution in [0.3, 0.4) is 0 Å². The van der Waals surface area contributed by atoms with E-state index in [0.717, 1.165) is 25.6 Å². The zero-order valence-electron chi connectivity index (χ0n) is 17.9. The Labute approximate surface area is 170 Å². The van der Waals surface area contributed by atoms with Gasteiger partial charge in [-0.2, -0.15) is 0 Å². The number of rotatable bonds is 10. The maximum Gasteiger partial charge on any atom is 0.136 e. The molecule has 2 N–H and O–H groups in total. The Hall–Kier alpha value is -0.550. The Morgan fingerprint density at radius 3 is 2.07 bits per heavy atom. The SMILES string of the molecule is CCCCc1ccc(CNCC2CCC(CN[S+]([O-])C(C)(C)C)CC2)cc1. The number of hydrogen-bond acceptors (Lipinski definition) is 3. The summed E-state index contributed by atoms with van der Waals surface area (Å²) in [7, 11) is 0. The molecule has 0 aromatic heterocycles. The maximum absolute atomic E-state index is 12.1. The molecule has 2 rings (SSSR count). The summed E-state index contributed by atoms with van der Waals surface area (Å²) in [5.74, 6) is 1.47. The number of unbranched alkanes of at least 4 members (excludes halogenated alkanes) is 1. The lowest BCUT2D eigenvalue weighted by atomic mass is 9.82. The summed E-state index contributed by atoms with van der Waals surface area (Å²) in [5.41, 5.74) is 2.85. The van der Waals surface area contributed by atoms with Gasteiger partial charge in [0.05, 0.1) is 0 Å². The van der Waals surface area contributed by atoms with Crippen LogP contribution < -0.4 is 10.0 Å². The van der Waals surface area contributed by atoms with Crippen LogP contribution in [0.5, 0.6) is 0 Å². The highest BCUT2D eigenvalue weighted by atomic mass is 32.2. The van der Waals surface area contributed by atoms with Gasteiger partial charge in [-0.25, -0.2) is 0 Å². The van der Waals surface area contributed by atoms with E-state index in [0.29, 0.717) is 5.92 Å². The average Bonchev–Trinajstić information content (AvgIpc) is 2.65. The monoisotopic (exact) mass is 392 g/mol. The predicted octanol–water partition coefficient (Wildman–Crippen LogP) is 4.98. The molecule has 0 radical (unpaired) electrons. The third kappa shape index (κ3) is 8.55. The third-order valence-electron chi connectivity index (χ3n) is 5.63. The predicted molar refractivity (Wildman–Crippen MR) is 118 cm³/mol. The van der Waals surface area contributed by atoms with Crippen LogP contribution in [0, 0.1) is 11.8 Å². The zero-order valence-corrected chi connectivity index (χ0v) is 18.7. The molecule has 3 nitrogen and oxygen atoms in total. The molecule has 1 fully saturated rings. The Morgan fingerprint density at radius 2 is 1.52 bits per heavy atom. The van der Waals surface area contributed by atoms with Crippen molar-refractivity contribution in [3.05, 3.63) is 35.4 Å². The third-order valence-corrected chi connectivity index (χ3v) is 7.17. The van der Waals surface area contributed by atoms with E-state index in [1.165, 1.54) is 56.1 Å². The van der Waals surface area contributed by atoms with E-state index >= 15 is 0 Å². The summed E-state index contributed by atoms with van der Waals surface area (Å²) in [4.78, 5) is 0. The van der Waals surface area contributed by atoms with E-state index in [4.69, 9.17) is 0 Å². The van der Waals surface area contributed by atoms with Crippen molar-refractivity contribution in [2.24, 2.45) is 11.8 Å². The van der Waals surface area contributed by atoms with Gasteiger partial charge in [0.25, 0.3) is 0 Å². The molecule has 1 aliphatic carbocycles. The Kier molecular flexibility index (Phi) is 9.64. The summed E-state index contributed by atoms with van der Waals surface area (Å²) in [6.07, 6.45) is 8.83. The normalized spacial score (nSPS) is 22.0. The second-order valence-electron chi connectivity index (χ2n) is 9.17. The van der Waals surface area contributed by atoms with Gasteiger partial charge in [0.2, 0.25) is 0 Å². The van der Waals surface area contributed by atoms with Crippen molar-refractivity contribution in [1.29, 1.82) is 0 Å². The number of aryl methyl sites for hydroxylation is 1. The molecule has 1 unspecified atom stereocenters. The molecule has 0 saturated heterocycles. The molecule has 0 aliphatic heterocycles. The van der Waals surface area contributed by atoms with E-state index in [1.807, 2.05) is 20.8 Å². The number of benzene rings is 1. The summed E-state index contributed by atoms with van der Waals surface area (Å²) in [5, 5.41) is 3.65. The Balaban J connectivity index is 1.59. The van der Waals surface area contributed by atoms with Gasteiger partial charge in [-0.3, -0.25) is 0 Å². The van der Waals surface area contributed by atoms with Crippen molar-refractivity contribution in [2.45, 2.75) is 83.9 Å². The quantitative estimate of drug-likeness (QED) is 0.552. The number of nitrogens with one attached hydrogen (secondary N) is 2. The van der Waals surface area contributed by atoms with Gasteiger partial charge in [0, 0.05) is 24.5 Å². The lowest BCUT2D eigenvalue weighted by molar-refractivity contribution is 0.267. The van der Waals surface area contributed by atoms with E-state index in [1.54, 1.807) is 0 Å². The zero-order chi connectivity index (χ0) is 19.7. The van der Waals surface area contributed by atoms with Crippen molar-refractivity contribution in [2.75, 3.05) is 13.1 Å². The maximum atomic E-state index is 12.1.